The maximum Gasteiger partial charge on any atom is 0.146 e. The number of hydrogen-bond donors (Lipinski definition) is 0. The first-order valence-electron chi connectivity index (χ1n) is 6.52. The van der Waals surface area contributed by atoms with Gasteiger partial charge in [0.25, 0.3) is 0 Å². The van der Waals surface area contributed by atoms with Gasteiger partial charge >= 0.3 is 0 Å². The number of ketones is 1. The Labute approximate surface area is 103 Å². The molecule has 2 heterocycles. The van der Waals surface area contributed by atoms with Crippen LogP contribution in [0.2, 0.25) is 0 Å². The second-order valence-corrected chi connectivity index (χ2v) is 4.65. The van der Waals surface area contributed by atoms with Crippen molar-refractivity contribution in [3.05, 3.63) is 17.5 Å². The molecule has 4 nitrogen and oxygen atoms in total. The molecule has 1 aliphatic heterocycles. The molecule has 0 radical (unpaired) electrons. The van der Waals surface area contributed by atoms with Crippen LogP contribution in [-0.4, -0.2) is 33.6 Å². The molecule has 94 valence electrons. The van der Waals surface area contributed by atoms with Gasteiger partial charge in [0.15, 0.2) is 0 Å². The van der Waals surface area contributed by atoms with Crippen molar-refractivity contribution in [2.45, 2.75) is 46.2 Å². The van der Waals surface area contributed by atoms with E-state index in [1.807, 2.05) is 0 Å². The molecular formula is C13H21N3O. The third kappa shape index (κ3) is 2.94. The number of piperidine rings is 1. The Kier molecular flexibility index (Phi) is 3.94. The lowest BCUT2D eigenvalue weighted by Crippen LogP contribution is -2.35. The average molecular weight is 235 g/mol. The minimum absolute atomic E-state index is 0.370. The van der Waals surface area contributed by atoms with Gasteiger partial charge in [-0.2, -0.15) is 5.10 Å². The summed E-state index contributed by atoms with van der Waals surface area (Å²) in [5.74, 6) is 0.370. The first-order valence-corrected chi connectivity index (χ1v) is 6.52. The molecule has 1 aliphatic rings. The normalized spacial score (nSPS) is 17.6. The lowest BCUT2D eigenvalue weighted by atomic mass is 10.1. The summed E-state index contributed by atoms with van der Waals surface area (Å²) < 4.78 is 2.05. The summed E-state index contributed by atoms with van der Waals surface area (Å²) >= 11 is 0. The third-order valence-electron chi connectivity index (χ3n) is 3.29. The lowest BCUT2D eigenvalue weighted by molar-refractivity contribution is -0.122. The van der Waals surface area contributed by atoms with Crippen LogP contribution in [0.3, 0.4) is 0 Å². The van der Waals surface area contributed by atoms with E-state index in [9.17, 15) is 4.79 Å². The maximum absolute atomic E-state index is 11.4. The minimum Gasteiger partial charge on any atom is -0.298 e. The smallest absolute Gasteiger partial charge is 0.146 e. The van der Waals surface area contributed by atoms with Crippen LogP contribution >= 0.6 is 0 Å². The topological polar surface area (TPSA) is 38.1 Å². The fourth-order valence-electron chi connectivity index (χ4n) is 2.36. The van der Waals surface area contributed by atoms with Gasteiger partial charge in [-0.15, -0.1) is 0 Å². The zero-order valence-corrected chi connectivity index (χ0v) is 10.8. The van der Waals surface area contributed by atoms with E-state index in [0.717, 1.165) is 44.6 Å². The van der Waals surface area contributed by atoms with E-state index < -0.39 is 0 Å². The summed E-state index contributed by atoms with van der Waals surface area (Å²) in [6.07, 6.45) is 2.72. The van der Waals surface area contributed by atoms with Crippen LogP contribution in [0, 0.1) is 0 Å². The molecule has 0 unspecified atom stereocenters. The molecule has 0 atom stereocenters. The quantitative estimate of drug-likeness (QED) is 0.796. The second-order valence-electron chi connectivity index (χ2n) is 4.65. The number of carbonyl (C=O) groups excluding carboxylic acids is 1. The second kappa shape index (κ2) is 5.45. The van der Waals surface area contributed by atoms with Gasteiger partial charge < -0.3 is 0 Å². The van der Waals surface area contributed by atoms with Gasteiger partial charge in [0, 0.05) is 19.5 Å². The maximum atomic E-state index is 11.4. The van der Waals surface area contributed by atoms with Crippen LogP contribution in [0.1, 0.15) is 38.1 Å². The van der Waals surface area contributed by atoms with Gasteiger partial charge in [-0.05, 0) is 32.4 Å². The molecule has 2 rings (SSSR count). The van der Waals surface area contributed by atoms with Crippen molar-refractivity contribution in [1.29, 1.82) is 0 Å². The van der Waals surface area contributed by atoms with Crippen LogP contribution in [-0.2, 0) is 24.3 Å². The summed E-state index contributed by atoms with van der Waals surface area (Å²) in [7, 11) is 0. The summed E-state index contributed by atoms with van der Waals surface area (Å²) in [4.78, 5) is 13.6. The first-order chi connectivity index (χ1) is 8.22. The first kappa shape index (κ1) is 12.3. The fourth-order valence-corrected chi connectivity index (χ4v) is 2.36. The van der Waals surface area contributed by atoms with Crippen molar-refractivity contribution >= 4 is 5.78 Å². The number of rotatable bonds is 4. The van der Waals surface area contributed by atoms with Crippen molar-refractivity contribution in [2.24, 2.45) is 0 Å². The van der Waals surface area contributed by atoms with E-state index in [-0.39, 0.29) is 0 Å². The number of aryl methyl sites for hydroxylation is 2. The Morgan fingerprint density at radius 3 is 2.88 bits per heavy atom. The van der Waals surface area contributed by atoms with E-state index in [2.05, 4.69) is 34.6 Å². The molecule has 1 saturated heterocycles. The molecule has 1 aromatic rings. The number of likely N-dealkylation sites (tertiary alicyclic amines) is 1. The standard InChI is InChI=1S/C13H21N3O/c1-3-11-8-12(16(4-2)14-11)9-15-7-5-6-13(17)10-15/h8H,3-7,9-10H2,1-2H3. The molecule has 0 amide bonds. The van der Waals surface area contributed by atoms with E-state index in [0.29, 0.717) is 12.3 Å². The highest BCUT2D eigenvalue weighted by Gasteiger charge is 2.18. The molecule has 0 aliphatic carbocycles. The summed E-state index contributed by atoms with van der Waals surface area (Å²) in [5, 5.41) is 4.54. The molecule has 4 heteroatoms. The lowest BCUT2D eigenvalue weighted by Gasteiger charge is -2.25. The number of carbonyl (C=O) groups is 1. The Morgan fingerprint density at radius 1 is 1.41 bits per heavy atom. The molecule has 1 fully saturated rings. The van der Waals surface area contributed by atoms with Crippen molar-refractivity contribution in [3.8, 4) is 0 Å². The van der Waals surface area contributed by atoms with Gasteiger partial charge in [0.2, 0.25) is 0 Å². The summed E-state index contributed by atoms with van der Waals surface area (Å²) in [6, 6.07) is 2.17. The van der Waals surface area contributed by atoms with Crippen LogP contribution < -0.4 is 0 Å². The highest BCUT2D eigenvalue weighted by Crippen LogP contribution is 2.13. The number of hydrogen-bond acceptors (Lipinski definition) is 3. The predicted octanol–water partition coefficient (Wildman–Crippen LogP) is 1.63. The number of nitrogens with zero attached hydrogens (tertiary/aromatic N) is 3. The van der Waals surface area contributed by atoms with Crippen LogP contribution in [0.15, 0.2) is 6.07 Å². The van der Waals surface area contributed by atoms with E-state index >= 15 is 0 Å². The van der Waals surface area contributed by atoms with Crippen LogP contribution in [0.4, 0.5) is 0 Å². The van der Waals surface area contributed by atoms with Crippen molar-refractivity contribution in [2.75, 3.05) is 13.1 Å². The van der Waals surface area contributed by atoms with Gasteiger partial charge in [0.05, 0.1) is 17.9 Å². The molecule has 0 spiro atoms. The van der Waals surface area contributed by atoms with Gasteiger partial charge in [-0.25, -0.2) is 0 Å². The van der Waals surface area contributed by atoms with E-state index in [4.69, 9.17) is 0 Å². The van der Waals surface area contributed by atoms with Crippen molar-refractivity contribution < 1.29 is 4.79 Å². The minimum atomic E-state index is 0.370. The van der Waals surface area contributed by atoms with Gasteiger partial charge in [0.1, 0.15) is 5.78 Å². The largest absolute Gasteiger partial charge is 0.298 e. The molecule has 17 heavy (non-hydrogen) atoms. The SMILES string of the molecule is CCc1cc(CN2CCCC(=O)C2)n(CC)n1. The Morgan fingerprint density at radius 2 is 2.24 bits per heavy atom. The highest BCUT2D eigenvalue weighted by atomic mass is 16.1. The Bertz CT molecular complexity index is 397. The molecule has 0 aromatic carbocycles. The van der Waals surface area contributed by atoms with E-state index in [1.54, 1.807) is 0 Å². The van der Waals surface area contributed by atoms with Crippen LogP contribution in [0.5, 0.6) is 0 Å². The van der Waals surface area contributed by atoms with Crippen LogP contribution in [0.25, 0.3) is 0 Å². The van der Waals surface area contributed by atoms with Gasteiger partial charge in [-0.3, -0.25) is 14.4 Å². The van der Waals surface area contributed by atoms with Gasteiger partial charge in [-0.1, -0.05) is 6.92 Å². The predicted molar refractivity (Wildman–Crippen MR) is 66.8 cm³/mol. The average Bonchev–Trinajstić information content (AvgIpc) is 2.71. The molecule has 0 N–H and O–H groups in total. The fraction of sp³-hybridized carbons (Fsp3) is 0.692. The Hall–Kier alpha value is -1.16. The molecule has 0 saturated carbocycles. The number of aromatic nitrogens is 2. The van der Waals surface area contributed by atoms with E-state index in [1.165, 1.54) is 5.69 Å². The summed E-state index contributed by atoms with van der Waals surface area (Å²) in [5.41, 5.74) is 2.38. The van der Waals surface area contributed by atoms with Crippen molar-refractivity contribution in [1.82, 2.24) is 14.7 Å². The third-order valence-corrected chi connectivity index (χ3v) is 3.29. The molecular weight excluding hydrogens is 214 g/mol. The highest BCUT2D eigenvalue weighted by molar-refractivity contribution is 5.81. The van der Waals surface area contributed by atoms with Crippen molar-refractivity contribution in [3.63, 3.8) is 0 Å². The number of Topliss-reactive ketones (excluding diaryl/α,β-unsaturated/α-hetero) is 1. The zero-order chi connectivity index (χ0) is 12.3. The summed E-state index contributed by atoms with van der Waals surface area (Å²) in [6.45, 7) is 7.62. The Balaban J connectivity index is 2.06. The molecule has 1 aromatic heterocycles. The monoisotopic (exact) mass is 235 g/mol. The zero-order valence-electron chi connectivity index (χ0n) is 10.8. The molecule has 0 bridgehead atoms.